The van der Waals surface area contributed by atoms with E-state index >= 15 is 0 Å². The van der Waals surface area contributed by atoms with E-state index in [2.05, 4.69) is 30.1 Å². The van der Waals surface area contributed by atoms with Crippen LogP contribution in [0, 0.1) is 10.4 Å². The normalized spacial score (nSPS) is 10.9. The first kappa shape index (κ1) is 18.2. The lowest BCUT2D eigenvalue weighted by Crippen LogP contribution is -2.15. The predicted octanol–water partition coefficient (Wildman–Crippen LogP) is 3.64. The lowest BCUT2D eigenvalue weighted by molar-refractivity contribution is -0.117. The highest BCUT2D eigenvalue weighted by molar-refractivity contribution is 5.76. The number of hydrogen-bond donors (Lipinski definition) is 1. The Labute approximate surface area is 144 Å². The molecule has 0 saturated carbocycles. The Morgan fingerprint density at radius 2 is 1.92 bits per heavy atom. The molecule has 1 heterocycles. The Balaban J connectivity index is 0.000000185. The zero-order valence-corrected chi connectivity index (χ0v) is 14.9. The molecule has 1 aromatic rings. The first-order valence-corrected chi connectivity index (χ1v) is 8.98. The molecule has 0 fully saturated rings. The molecule has 0 spiro atoms. The molecular weight excluding hydrogens is 298 g/mol. The average Bonchev–Trinajstić information content (AvgIpc) is 2.92. The van der Waals surface area contributed by atoms with E-state index < -0.39 is 0 Å². The van der Waals surface area contributed by atoms with Gasteiger partial charge in [-0.25, -0.2) is 4.98 Å². The maximum Gasteiger partial charge on any atom is 0.223 e. The molecule has 2 aliphatic rings. The van der Waals surface area contributed by atoms with Gasteiger partial charge in [0.1, 0.15) is 0 Å². The Kier molecular flexibility index (Phi) is 7.04. The molecule has 24 heavy (non-hydrogen) atoms. The van der Waals surface area contributed by atoms with Crippen molar-refractivity contribution in [2.45, 2.75) is 58.3 Å². The summed E-state index contributed by atoms with van der Waals surface area (Å²) in [5.74, 6) is -0.330. The molecule has 4 heteroatoms. The molecule has 2 aliphatic carbocycles. The fraction of sp³-hybridized carbons (Fsp3) is 0.500. The molecular formula is C20H29N3O. The van der Waals surface area contributed by atoms with E-state index in [-0.39, 0.29) is 12.3 Å². The summed E-state index contributed by atoms with van der Waals surface area (Å²) in [4.78, 5) is 14.2. The van der Waals surface area contributed by atoms with Gasteiger partial charge in [0.15, 0.2) is 0 Å². The Bertz CT molecular complexity index is 748. The zero-order valence-electron chi connectivity index (χ0n) is 14.9. The summed E-state index contributed by atoms with van der Waals surface area (Å²) >= 11 is 0. The molecule has 130 valence electrons. The highest BCUT2D eigenvalue weighted by Crippen LogP contribution is 2.18. The third-order valence-electron chi connectivity index (χ3n) is 4.49. The van der Waals surface area contributed by atoms with Crippen LogP contribution in [0.3, 0.4) is 0 Å². The van der Waals surface area contributed by atoms with Gasteiger partial charge < -0.3 is 10.3 Å². The second-order valence-electron chi connectivity index (χ2n) is 6.53. The first-order chi connectivity index (χ1) is 11.6. The smallest absolute Gasteiger partial charge is 0.223 e. The highest BCUT2D eigenvalue weighted by atomic mass is 16.1. The van der Waals surface area contributed by atoms with Crippen LogP contribution in [-0.2, 0) is 24.7 Å². The van der Waals surface area contributed by atoms with Gasteiger partial charge in [-0.1, -0.05) is 57.2 Å². The van der Waals surface area contributed by atoms with Crippen LogP contribution in [0.4, 0.5) is 0 Å². The lowest BCUT2D eigenvalue weighted by Gasteiger charge is -2.10. The van der Waals surface area contributed by atoms with Crippen molar-refractivity contribution >= 4 is 5.91 Å². The minimum atomic E-state index is -0.330. The van der Waals surface area contributed by atoms with Gasteiger partial charge in [-0.3, -0.25) is 4.79 Å². The van der Waals surface area contributed by atoms with E-state index in [0.29, 0.717) is 0 Å². The first-order valence-electron chi connectivity index (χ1n) is 8.98. The standard InChI is InChI=1S/C14H20.C6H9N3O/c1-2-3-4-5-6-7-8-12-11-13-9-10-14(12)13;1-9-4-8-3-5(9)2-6(7)10/h9-11H,2-8H2,1H3;3-4H,2H2,1H3,(H2,7,10). The SMILES string of the molecule is CCCCCCCCc1cc2ccc1=2.Cn1cncc1CC(N)=O. The van der Waals surface area contributed by atoms with Gasteiger partial charge in [-0.15, -0.1) is 0 Å². The fourth-order valence-corrected chi connectivity index (χ4v) is 2.90. The molecule has 0 atom stereocenters. The van der Waals surface area contributed by atoms with Crippen LogP contribution in [0.1, 0.15) is 56.7 Å². The maximum atomic E-state index is 10.4. The van der Waals surface area contributed by atoms with Crippen molar-refractivity contribution in [3.63, 3.8) is 0 Å². The summed E-state index contributed by atoms with van der Waals surface area (Å²) in [5, 5.41) is 3.05. The Hall–Kier alpha value is -2.10. The van der Waals surface area contributed by atoms with E-state index in [0.717, 1.165) is 5.69 Å². The highest BCUT2D eigenvalue weighted by Gasteiger charge is 2.04. The van der Waals surface area contributed by atoms with E-state index in [1.165, 1.54) is 50.2 Å². The molecule has 0 aromatic carbocycles. The van der Waals surface area contributed by atoms with Crippen molar-refractivity contribution in [2.24, 2.45) is 12.8 Å². The number of nitrogens with two attached hydrogens (primary N) is 1. The van der Waals surface area contributed by atoms with Gasteiger partial charge >= 0.3 is 0 Å². The summed E-state index contributed by atoms with van der Waals surface area (Å²) < 4.78 is 1.77. The Morgan fingerprint density at radius 3 is 2.42 bits per heavy atom. The van der Waals surface area contributed by atoms with E-state index in [1.807, 2.05) is 7.05 Å². The zero-order chi connectivity index (χ0) is 17.4. The summed E-state index contributed by atoms with van der Waals surface area (Å²) in [6.07, 6.45) is 13.3. The van der Waals surface area contributed by atoms with Crippen molar-refractivity contribution in [2.75, 3.05) is 0 Å². The number of amides is 1. The van der Waals surface area contributed by atoms with Crippen LogP contribution in [-0.4, -0.2) is 15.5 Å². The maximum absolute atomic E-state index is 10.4. The fourth-order valence-electron chi connectivity index (χ4n) is 2.90. The van der Waals surface area contributed by atoms with Gasteiger partial charge in [0.25, 0.3) is 0 Å². The third-order valence-corrected chi connectivity index (χ3v) is 4.49. The second-order valence-corrected chi connectivity index (χ2v) is 6.53. The van der Waals surface area contributed by atoms with Crippen molar-refractivity contribution in [3.05, 3.63) is 52.4 Å². The number of hydrogen-bond acceptors (Lipinski definition) is 2. The number of carbonyl (C=O) groups excluding carboxylic acids is 1. The molecule has 1 amide bonds. The number of primary amides is 1. The molecule has 1 aromatic heterocycles. The van der Waals surface area contributed by atoms with Crippen molar-refractivity contribution < 1.29 is 4.79 Å². The minimum Gasteiger partial charge on any atom is -0.369 e. The van der Waals surface area contributed by atoms with Crippen molar-refractivity contribution in [3.8, 4) is 0 Å². The second kappa shape index (κ2) is 9.26. The number of aromatic nitrogens is 2. The van der Waals surface area contributed by atoms with Gasteiger partial charge in [-0.2, -0.15) is 0 Å². The van der Waals surface area contributed by atoms with Crippen LogP contribution in [0.15, 0.2) is 30.7 Å². The number of aryl methyl sites for hydroxylation is 2. The number of imidazole rings is 1. The van der Waals surface area contributed by atoms with Crippen LogP contribution >= 0.6 is 0 Å². The van der Waals surface area contributed by atoms with E-state index in [1.54, 1.807) is 27.9 Å². The minimum absolute atomic E-state index is 0.260. The number of carbonyl (C=O) groups is 1. The van der Waals surface area contributed by atoms with E-state index in [9.17, 15) is 4.79 Å². The van der Waals surface area contributed by atoms with Gasteiger partial charge in [-0.05, 0) is 28.8 Å². The molecule has 0 aliphatic heterocycles. The van der Waals surface area contributed by atoms with Crippen LogP contribution in [0.25, 0.3) is 0 Å². The molecule has 0 radical (unpaired) electrons. The average molecular weight is 327 g/mol. The van der Waals surface area contributed by atoms with Crippen LogP contribution < -0.4 is 5.73 Å². The van der Waals surface area contributed by atoms with Gasteiger partial charge in [0.2, 0.25) is 5.91 Å². The molecule has 0 bridgehead atoms. The molecule has 4 nitrogen and oxygen atoms in total. The molecule has 0 saturated heterocycles. The summed E-state index contributed by atoms with van der Waals surface area (Å²) in [5.41, 5.74) is 7.42. The number of unbranched alkanes of at least 4 members (excludes halogenated alkanes) is 5. The quantitative estimate of drug-likeness (QED) is 0.610. The van der Waals surface area contributed by atoms with Gasteiger partial charge in [0.05, 0.1) is 12.7 Å². The number of nitrogens with zero attached hydrogens (tertiary/aromatic N) is 2. The molecule has 0 unspecified atom stereocenters. The number of rotatable bonds is 9. The third kappa shape index (κ3) is 5.22. The molecule has 3 rings (SSSR count). The topological polar surface area (TPSA) is 60.9 Å². The lowest BCUT2D eigenvalue weighted by atomic mass is 9.94. The van der Waals surface area contributed by atoms with Crippen molar-refractivity contribution in [1.29, 1.82) is 0 Å². The summed E-state index contributed by atoms with van der Waals surface area (Å²) in [6.45, 7) is 2.27. The van der Waals surface area contributed by atoms with E-state index in [4.69, 9.17) is 5.73 Å². The Morgan fingerprint density at radius 1 is 1.17 bits per heavy atom. The number of benzene rings is 1. The van der Waals surface area contributed by atoms with Gasteiger partial charge in [0, 0.05) is 18.9 Å². The monoisotopic (exact) mass is 327 g/mol. The van der Waals surface area contributed by atoms with Crippen molar-refractivity contribution in [1.82, 2.24) is 9.55 Å². The molecule has 2 N–H and O–H groups in total. The predicted molar refractivity (Wildman–Crippen MR) is 97.3 cm³/mol. The summed E-state index contributed by atoms with van der Waals surface area (Å²) in [6, 6.07) is 6.81. The van der Waals surface area contributed by atoms with Crippen LogP contribution in [0.2, 0.25) is 0 Å². The summed E-state index contributed by atoms with van der Waals surface area (Å²) in [7, 11) is 1.82. The van der Waals surface area contributed by atoms with Crippen LogP contribution in [0.5, 0.6) is 0 Å². The largest absolute Gasteiger partial charge is 0.369 e.